The first kappa shape index (κ1) is 8.82. The van der Waals surface area contributed by atoms with Crippen LogP contribution >= 0.6 is 11.3 Å². The van der Waals surface area contributed by atoms with E-state index in [2.05, 4.69) is 11.8 Å². The first-order valence-corrected chi connectivity index (χ1v) is 4.40. The Morgan fingerprint density at radius 3 is 2.83 bits per heavy atom. The highest BCUT2D eigenvalue weighted by atomic mass is 32.1. The average Bonchev–Trinajstić information content (AvgIpc) is 2.51. The summed E-state index contributed by atoms with van der Waals surface area (Å²) in [5, 5.41) is 3.85. The Kier molecular flexibility index (Phi) is 2.89. The Morgan fingerprint density at radius 1 is 1.58 bits per heavy atom. The maximum Gasteiger partial charge on any atom is 0.298 e. The molecule has 0 aliphatic rings. The van der Waals surface area contributed by atoms with E-state index in [0.29, 0.717) is 0 Å². The van der Waals surface area contributed by atoms with E-state index in [1.807, 2.05) is 16.8 Å². The van der Waals surface area contributed by atoms with E-state index in [1.165, 1.54) is 4.90 Å². The molecular weight excluding hydrogens is 170 g/mol. The Hall–Kier alpha value is -1.27. The van der Waals surface area contributed by atoms with Gasteiger partial charge in [-0.15, -0.1) is 0 Å². The van der Waals surface area contributed by atoms with Gasteiger partial charge >= 0.3 is 0 Å². The highest BCUT2D eigenvalue weighted by molar-refractivity contribution is 7.08. The molecule has 1 aromatic heterocycles. The van der Waals surface area contributed by atoms with Gasteiger partial charge in [0.15, 0.2) is 0 Å². The first-order chi connectivity index (χ1) is 5.70. The second-order valence-corrected chi connectivity index (χ2v) is 3.24. The van der Waals surface area contributed by atoms with E-state index < -0.39 is 0 Å². The summed E-state index contributed by atoms with van der Waals surface area (Å²) in [7, 11) is 3.37. The molecule has 0 N–H and O–H groups in total. The van der Waals surface area contributed by atoms with Crippen molar-refractivity contribution in [3.8, 4) is 11.8 Å². The number of amides is 1. The van der Waals surface area contributed by atoms with Gasteiger partial charge in [0, 0.05) is 31.0 Å². The zero-order chi connectivity index (χ0) is 8.97. The molecule has 0 saturated heterocycles. The zero-order valence-corrected chi connectivity index (χ0v) is 7.81. The Labute approximate surface area is 75.8 Å². The van der Waals surface area contributed by atoms with E-state index in [-0.39, 0.29) is 5.91 Å². The van der Waals surface area contributed by atoms with Crippen LogP contribution in [0.5, 0.6) is 0 Å². The third kappa shape index (κ3) is 2.40. The average molecular weight is 179 g/mol. The number of carbonyl (C=O) groups excluding carboxylic acids is 1. The predicted octanol–water partition coefficient (Wildman–Crippen LogP) is 1.19. The van der Waals surface area contributed by atoms with Crippen molar-refractivity contribution < 1.29 is 4.79 Å². The number of hydrogen-bond donors (Lipinski definition) is 0. The normalized spacial score (nSPS) is 8.50. The minimum absolute atomic E-state index is 0.166. The molecule has 0 atom stereocenters. The summed E-state index contributed by atoms with van der Waals surface area (Å²) in [6, 6.07) is 1.89. The second-order valence-electron chi connectivity index (χ2n) is 2.46. The summed E-state index contributed by atoms with van der Waals surface area (Å²) in [4.78, 5) is 12.5. The minimum Gasteiger partial charge on any atom is -0.338 e. The van der Waals surface area contributed by atoms with Gasteiger partial charge < -0.3 is 4.90 Å². The lowest BCUT2D eigenvalue weighted by Gasteiger charge is -2.01. The molecule has 0 bridgehead atoms. The molecule has 0 aliphatic carbocycles. The topological polar surface area (TPSA) is 20.3 Å². The third-order valence-corrected chi connectivity index (χ3v) is 1.92. The van der Waals surface area contributed by atoms with E-state index in [1.54, 1.807) is 25.4 Å². The Morgan fingerprint density at radius 2 is 2.33 bits per heavy atom. The Bertz CT molecular complexity index is 316. The van der Waals surface area contributed by atoms with Crippen LogP contribution < -0.4 is 0 Å². The highest BCUT2D eigenvalue weighted by Gasteiger charge is 1.95. The molecule has 0 aliphatic heterocycles. The molecule has 0 spiro atoms. The summed E-state index contributed by atoms with van der Waals surface area (Å²) >= 11 is 1.57. The monoisotopic (exact) mass is 179 g/mol. The molecule has 3 heteroatoms. The second kappa shape index (κ2) is 3.93. The number of thiophene rings is 1. The fraction of sp³-hybridized carbons (Fsp3) is 0.222. The van der Waals surface area contributed by atoms with Gasteiger partial charge in [-0.2, -0.15) is 11.3 Å². The van der Waals surface area contributed by atoms with Crippen LogP contribution in [0.4, 0.5) is 0 Å². The van der Waals surface area contributed by atoms with Crippen molar-refractivity contribution in [1.29, 1.82) is 0 Å². The summed E-state index contributed by atoms with van der Waals surface area (Å²) in [6.07, 6.45) is 0. The molecule has 0 aromatic carbocycles. The van der Waals surface area contributed by atoms with Gasteiger partial charge in [0.25, 0.3) is 5.91 Å². The van der Waals surface area contributed by atoms with Crippen LogP contribution in [0.3, 0.4) is 0 Å². The molecule has 0 saturated carbocycles. The van der Waals surface area contributed by atoms with Gasteiger partial charge in [-0.1, -0.05) is 5.92 Å². The van der Waals surface area contributed by atoms with Crippen LogP contribution in [-0.2, 0) is 4.79 Å². The van der Waals surface area contributed by atoms with Crippen molar-refractivity contribution in [1.82, 2.24) is 4.90 Å². The lowest BCUT2D eigenvalue weighted by molar-refractivity contribution is -0.122. The van der Waals surface area contributed by atoms with Crippen molar-refractivity contribution in [2.45, 2.75) is 0 Å². The van der Waals surface area contributed by atoms with Crippen LogP contribution in [-0.4, -0.2) is 24.9 Å². The fourth-order valence-electron chi connectivity index (χ4n) is 0.573. The molecule has 2 nitrogen and oxygen atoms in total. The first-order valence-electron chi connectivity index (χ1n) is 3.45. The number of nitrogens with zero attached hydrogens (tertiary/aromatic N) is 1. The van der Waals surface area contributed by atoms with Crippen LogP contribution in [0, 0.1) is 11.8 Å². The van der Waals surface area contributed by atoms with Gasteiger partial charge in [-0.25, -0.2) is 0 Å². The van der Waals surface area contributed by atoms with E-state index >= 15 is 0 Å². The van der Waals surface area contributed by atoms with E-state index in [4.69, 9.17) is 0 Å². The molecule has 1 amide bonds. The summed E-state index contributed by atoms with van der Waals surface area (Å²) in [6.45, 7) is 0. The van der Waals surface area contributed by atoms with Crippen molar-refractivity contribution >= 4 is 17.2 Å². The molecule has 0 unspecified atom stereocenters. The molecule has 1 rings (SSSR count). The largest absolute Gasteiger partial charge is 0.338 e. The quantitative estimate of drug-likeness (QED) is 0.548. The molecule has 0 fully saturated rings. The van der Waals surface area contributed by atoms with Crippen molar-refractivity contribution in [2.75, 3.05) is 14.1 Å². The number of hydrogen-bond acceptors (Lipinski definition) is 2. The van der Waals surface area contributed by atoms with Crippen molar-refractivity contribution in [2.24, 2.45) is 0 Å². The number of rotatable bonds is 0. The maximum atomic E-state index is 11.0. The zero-order valence-electron chi connectivity index (χ0n) is 7.00. The van der Waals surface area contributed by atoms with Crippen molar-refractivity contribution in [3.63, 3.8) is 0 Å². The fourth-order valence-corrected chi connectivity index (χ4v) is 1.16. The van der Waals surface area contributed by atoms with Gasteiger partial charge in [-0.05, 0) is 11.4 Å². The van der Waals surface area contributed by atoms with Crippen LogP contribution in [0.25, 0.3) is 0 Å². The molecule has 1 heterocycles. The lowest BCUT2D eigenvalue weighted by atomic mass is 10.3. The molecule has 0 radical (unpaired) electrons. The SMILES string of the molecule is CN(C)C(=O)C#Cc1ccsc1. The Balaban J connectivity index is 2.67. The van der Waals surface area contributed by atoms with Crippen LogP contribution in [0.2, 0.25) is 0 Å². The van der Waals surface area contributed by atoms with Gasteiger partial charge in [0.1, 0.15) is 0 Å². The lowest BCUT2D eigenvalue weighted by Crippen LogP contribution is -2.19. The third-order valence-electron chi connectivity index (χ3n) is 1.24. The van der Waals surface area contributed by atoms with Gasteiger partial charge in [0.2, 0.25) is 0 Å². The molecule has 62 valence electrons. The minimum atomic E-state index is -0.166. The van der Waals surface area contributed by atoms with Crippen molar-refractivity contribution in [3.05, 3.63) is 22.4 Å². The van der Waals surface area contributed by atoms with Crippen LogP contribution in [0.1, 0.15) is 5.56 Å². The van der Waals surface area contributed by atoms with E-state index in [9.17, 15) is 4.79 Å². The summed E-state index contributed by atoms with van der Waals surface area (Å²) < 4.78 is 0. The van der Waals surface area contributed by atoms with Gasteiger partial charge in [-0.3, -0.25) is 4.79 Å². The highest BCUT2D eigenvalue weighted by Crippen LogP contribution is 2.02. The molecule has 12 heavy (non-hydrogen) atoms. The standard InChI is InChI=1S/C9H9NOS/c1-10(2)9(11)4-3-8-5-6-12-7-8/h5-7H,1-2H3. The van der Waals surface area contributed by atoms with Gasteiger partial charge in [0.05, 0.1) is 0 Å². The predicted molar refractivity (Wildman–Crippen MR) is 49.9 cm³/mol. The summed E-state index contributed by atoms with van der Waals surface area (Å²) in [5.74, 6) is 5.14. The maximum absolute atomic E-state index is 11.0. The molecule has 1 aromatic rings. The van der Waals surface area contributed by atoms with Crippen LogP contribution in [0.15, 0.2) is 16.8 Å². The molecular formula is C9H9NOS. The van der Waals surface area contributed by atoms with E-state index in [0.717, 1.165) is 5.56 Å². The summed E-state index contributed by atoms with van der Waals surface area (Å²) in [5.41, 5.74) is 0.898. The smallest absolute Gasteiger partial charge is 0.298 e. The number of carbonyl (C=O) groups is 1.